The van der Waals surface area contributed by atoms with Crippen LogP contribution < -0.4 is 0 Å². The van der Waals surface area contributed by atoms with Gasteiger partial charge in [-0.15, -0.1) is 0 Å². The molecule has 5 aromatic rings. The van der Waals surface area contributed by atoms with E-state index in [-0.39, 0.29) is 28.7 Å². The molecule has 0 unspecified atom stereocenters. The molecular weight excluding hydrogens is 691 g/mol. The van der Waals surface area contributed by atoms with Crippen LogP contribution >= 0.6 is 0 Å². The third kappa shape index (κ3) is 9.12. The predicted octanol–water partition coefficient (Wildman–Crippen LogP) is 8.75. The minimum atomic E-state index is -3.80. The number of benzene rings is 4. The van der Waals surface area contributed by atoms with E-state index in [0.717, 1.165) is 22.1 Å². The van der Waals surface area contributed by atoms with Gasteiger partial charge in [0.05, 0.1) is 49.0 Å². The molecule has 1 aromatic heterocycles. The molecule has 0 N–H and O–H groups in total. The van der Waals surface area contributed by atoms with Gasteiger partial charge < -0.3 is 23.4 Å². The van der Waals surface area contributed by atoms with Gasteiger partial charge in [0.25, 0.3) is 10.0 Å². The summed E-state index contributed by atoms with van der Waals surface area (Å²) in [6.07, 6.45) is 0.905. The molecule has 0 spiro atoms. The minimum absolute atomic E-state index is 0.0509. The predicted molar refractivity (Wildman–Crippen MR) is 207 cm³/mol. The number of aromatic nitrogens is 1. The largest absolute Gasteiger partial charge is 0.414 e. The molecule has 4 atom stereocenters. The number of ether oxygens (including phenoxy) is 4. The number of para-hydroxylation sites is 1. The van der Waals surface area contributed by atoms with Gasteiger partial charge >= 0.3 is 0 Å². The Morgan fingerprint density at radius 2 is 1.35 bits per heavy atom. The van der Waals surface area contributed by atoms with Crippen molar-refractivity contribution in [2.24, 2.45) is 0 Å². The van der Waals surface area contributed by atoms with Crippen molar-refractivity contribution in [3.8, 4) is 0 Å². The van der Waals surface area contributed by atoms with Crippen LogP contribution in [0.4, 0.5) is 0 Å². The lowest BCUT2D eigenvalue weighted by atomic mass is 10.0. The number of rotatable bonds is 15. The Kier molecular flexibility index (Phi) is 12.2. The lowest BCUT2D eigenvalue weighted by Crippen LogP contribution is -2.54. The summed E-state index contributed by atoms with van der Waals surface area (Å²) in [5, 5.41) is 0.909. The molecule has 0 radical (unpaired) electrons. The molecule has 0 aliphatic carbocycles. The third-order valence-electron chi connectivity index (χ3n) is 10.2. The summed E-state index contributed by atoms with van der Waals surface area (Å²) >= 11 is 0. The van der Waals surface area contributed by atoms with Crippen LogP contribution in [-0.4, -0.2) is 58.5 Å². The number of fused-ring (bicyclic) bond motifs is 1. The molecular formula is C42H51NO7SSi. The number of hydrogen-bond donors (Lipinski definition) is 0. The first kappa shape index (κ1) is 38.1. The third-order valence-corrected chi connectivity index (χ3v) is 16.4. The van der Waals surface area contributed by atoms with Crippen LogP contribution in [0.3, 0.4) is 0 Å². The van der Waals surface area contributed by atoms with Crippen molar-refractivity contribution in [2.75, 3.05) is 13.2 Å². The van der Waals surface area contributed by atoms with E-state index in [1.807, 2.05) is 72.8 Å². The van der Waals surface area contributed by atoms with E-state index in [9.17, 15) is 8.42 Å². The molecule has 52 heavy (non-hydrogen) atoms. The summed E-state index contributed by atoms with van der Waals surface area (Å²) in [6.45, 7) is 12.7. The highest BCUT2D eigenvalue weighted by Crippen LogP contribution is 2.38. The molecule has 6 rings (SSSR count). The van der Waals surface area contributed by atoms with Gasteiger partial charge in [-0.2, -0.15) is 0 Å². The first-order valence-corrected chi connectivity index (χ1v) is 22.4. The Hall–Kier alpha value is -3.61. The van der Waals surface area contributed by atoms with Crippen LogP contribution in [0.2, 0.25) is 18.1 Å². The maximum atomic E-state index is 13.7. The van der Waals surface area contributed by atoms with Gasteiger partial charge in [0.15, 0.2) is 14.6 Å². The Bertz CT molecular complexity index is 1980. The van der Waals surface area contributed by atoms with Crippen LogP contribution in [0.1, 0.15) is 43.9 Å². The van der Waals surface area contributed by atoms with E-state index in [1.165, 1.54) is 3.97 Å². The van der Waals surface area contributed by atoms with E-state index >= 15 is 0 Å². The summed E-state index contributed by atoms with van der Waals surface area (Å²) in [4.78, 5) is 0.236. The molecule has 2 heterocycles. The van der Waals surface area contributed by atoms with Crippen molar-refractivity contribution in [1.82, 2.24) is 3.97 Å². The van der Waals surface area contributed by atoms with Gasteiger partial charge in [0.2, 0.25) is 0 Å². The maximum Gasteiger partial charge on any atom is 0.268 e. The molecule has 0 amide bonds. The van der Waals surface area contributed by atoms with Crippen molar-refractivity contribution in [2.45, 2.75) is 94.5 Å². The highest BCUT2D eigenvalue weighted by Gasteiger charge is 2.43. The molecule has 0 bridgehead atoms. The van der Waals surface area contributed by atoms with Gasteiger partial charge in [-0.1, -0.05) is 118 Å². The van der Waals surface area contributed by atoms with Crippen LogP contribution in [0.25, 0.3) is 10.9 Å². The number of nitrogens with zero attached hydrogens (tertiary/aromatic N) is 1. The van der Waals surface area contributed by atoms with Gasteiger partial charge in [0.1, 0.15) is 6.10 Å². The average Bonchev–Trinajstić information content (AvgIpc) is 3.53. The zero-order valence-corrected chi connectivity index (χ0v) is 32.6. The van der Waals surface area contributed by atoms with Crippen molar-refractivity contribution >= 4 is 29.2 Å². The highest BCUT2D eigenvalue weighted by molar-refractivity contribution is 7.90. The first-order valence-electron chi connectivity index (χ1n) is 18.0. The van der Waals surface area contributed by atoms with Gasteiger partial charge in [0, 0.05) is 18.0 Å². The zero-order valence-electron chi connectivity index (χ0n) is 30.8. The SMILES string of the molecule is CC(C)(C)[Si](C)(C)OC[C@@H]1C[C@H](OCc2ccccc2)[C@@H](OCc2ccccc2)[C@H](OCCc2cn(S(=O)(=O)c3ccccc3)c3ccccc23)O1. The Labute approximate surface area is 309 Å². The summed E-state index contributed by atoms with van der Waals surface area (Å²) in [6, 6.07) is 36.2. The molecule has 1 aliphatic heterocycles. The second-order valence-electron chi connectivity index (χ2n) is 14.9. The van der Waals surface area contributed by atoms with Crippen molar-refractivity contribution < 1.29 is 31.8 Å². The molecule has 0 saturated carbocycles. The Morgan fingerprint density at radius 1 is 0.769 bits per heavy atom. The van der Waals surface area contributed by atoms with E-state index in [4.69, 9.17) is 23.4 Å². The second-order valence-corrected chi connectivity index (χ2v) is 21.6. The smallest absolute Gasteiger partial charge is 0.268 e. The van der Waals surface area contributed by atoms with E-state index < -0.39 is 30.7 Å². The fourth-order valence-electron chi connectivity index (χ4n) is 6.15. The average molecular weight is 742 g/mol. The van der Waals surface area contributed by atoms with E-state index in [2.05, 4.69) is 46.0 Å². The van der Waals surface area contributed by atoms with Crippen LogP contribution in [0, 0.1) is 0 Å². The summed E-state index contributed by atoms with van der Waals surface area (Å²) in [5.74, 6) is 0. The topological polar surface area (TPSA) is 85.2 Å². The zero-order chi connectivity index (χ0) is 36.8. The van der Waals surface area contributed by atoms with Gasteiger partial charge in [-0.05, 0) is 59.4 Å². The van der Waals surface area contributed by atoms with Crippen LogP contribution in [0.5, 0.6) is 0 Å². The standard InChI is InChI=1S/C42H51NO7SSi/c1-42(2,3)52(4,5)49-31-35-27-39(47-29-32-17-9-6-10-18-32)40(48-30-33-19-11-7-12-20-33)41(50-35)46-26-25-34-28-43(38-24-16-15-23-37(34)38)51(44,45)36-21-13-8-14-22-36/h6-24,28,35,39-41H,25-27,29-31H2,1-5H3/t35-,39-,40+,41+/m0/s1. The molecule has 1 fully saturated rings. The Morgan fingerprint density at radius 3 is 1.98 bits per heavy atom. The molecule has 10 heteroatoms. The molecule has 1 aliphatic rings. The molecule has 4 aromatic carbocycles. The van der Waals surface area contributed by atoms with Crippen LogP contribution in [-0.2, 0) is 53.0 Å². The summed E-state index contributed by atoms with van der Waals surface area (Å²) in [5.41, 5.74) is 3.60. The van der Waals surface area contributed by atoms with E-state index in [1.54, 1.807) is 36.5 Å². The summed E-state index contributed by atoms with van der Waals surface area (Å²) < 4.78 is 62.0. The van der Waals surface area contributed by atoms with Crippen molar-refractivity contribution in [3.63, 3.8) is 0 Å². The Balaban J connectivity index is 1.25. The molecule has 276 valence electrons. The second kappa shape index (κ2) is 16.6. The van der Waals surface area contributed by atoms with Crippen LogP contribution in [0.15, 0.2) is 126 Å². The fourth-order valence-corrected chi connectivity index (χ4v) is 8.60. The number of hydrogen-bond acceptors (Lipinski definition) is 7. The fraction of sp³-hybridized carbons (Fsp3) is 0.381. The molecule has 1 saturated heterocycles. The normalized spacial score (nSPS) is 19.9. The minimum Gasteiger partial charge on any atom is -0.414 e. The monoisotopic (exact) mass is 741 g/mol. The van der Waals surface area contributed by atoms with Crippen molar-refractivity contribution in [3.05, 3.63) is 138 Å². The van der Waals surface area contributed by atoms with Crippen molar-refractivity contribution in [1.29, 1.82) is 0 Å². The summed E-state index contributed by atoms with van der Waals surface area (Å²) in [7, 11) is -5.86. The first-order chi connectivity index (χ1) is 24.9. The lowest BCUT2D eigenvalue weighted by molar-refractivity contribution is -0.290. The van der Waals surface area contributed by atoms with E-state index in [0.29, 0.717) is 38.2 Å². The quantitative estimate of drug-likeness (QED) is 0.0993. The lowest BCUT2D eigenvalue weighted by Gasteiger charge is -2.43. The van der Waals surface area contributed by atoms with Gasteiger partial charge in [-0.25, -0.2) is 12.4 Å². The molecule has 8 nitrogen and oxygen atoms in total. The highest BCUT2D eigenvalue weighted by atomic mass is 32.2. The van der Waals surface area contributed by atoms with Gasteiger partial charge in [-0.3, -0.25) is 0 Å². The maximum absolute atomic E-state index is 13.7.